The molecule has 4 heteroatoms. The summed E-state index contributed by atoms with van der Waals surface area (Å²) >= 11 is 0. The Hall–Kier alpha value is -0.160. The Kier molecular flexibility index (Phi) is 3.94. The third-order valence-electron chi connectivity index (χ3n) is 2.24. The molecule has 0 aromatic carbocycles. The fourth-order valence-corrected chi connectivity index (χ4v) is 1.37. The molecule has 1 heterocycles. The molecule has 2 N–H and O–H groups in total. The number of morpholine rings is 1. The number of hydrogen-bond acceptors (Lipinski definition) is 4. The Morgan fingerprint density at radius 3 is 3.00 bits per heavy atom. The first-order chi connectivity index (χ1) is 5.77. The molecule has 0 aliphatic carbocycles. The minimum absolute atomic E-state index is 0.219. The van der Waals surface area contributed by atoms with Crippen LogP contribution >= 0.6 is 0 Å². The Labute approximate surface area is 72.7 Å². The first-order valence-electron chi connectivity index (χ1n) is 4.40. The average molecular weight is 175 g/mol. The van der Waals surface area contributed by atoms with Gasteiger partial charge >= 0.3 is 0 Å². The molecule has 12 heavy (non-hydrogen) atoms. The molecule has 0 aromatic rings. The number of rotatable bonds is 3. The van der Waals surface area contributed by atoms with Gasteiger partial charge in [-0.05, 0) is 6.54 Å². The molecular formula is C8H17NO3. The second kappa shape index (κ2) is 4.77. The van der Waals surface area contributed by atoms with Crippen molar-refractivity contribution in [1.82, 2.24) is 4.90 Å². The third kappa shape index (κ3) is 2.42. The second-order valence-electron chi connectivity index (χ2n) is 3.05. The fraction of sp³-hybridized carbons (Fsp3) is 1.00. The SMILES string of the molecule is CCN1CCO[C@H]([C@@H](O)CO)C1. The van der Waals surface area contributed by atoms with Gasteiger partial charge in [0.25, 0.3) is 0 Å². The number of aliphatic hydroxyl groups is 2. The predicted octanol–water partition coefficient (Wildman–Crippen LogP) is -0.940. The quantitative estimate of drug-likeness (QED) is 0.581. The van der Waals surface area contributed by atoms with Gasteiger partial charge in [0.15, 0.2) is 0 Å². The molecule has 2 atom stereocenters. The van der Waals surface area contributed by atoms with Gasteiger partial charge in [-0.25, -0.2) is 0 Å². The highest BCUT2D eigenvalue weighted by molar-refractivity contribution is 4.76. The first-order valence-corrected chi connectivity index (χ1v) is 4.40. The second-order valence-corrected chi connectivity index (χ2v) is 3.05. The van der Waals surface area contributed by atoms with E-state index in [-0.39, 0.29) is 12.7 Å². The maximum absolute atomic E-state index is 9.29. The van der Waals surface area contributed by atoms with Gasteiger partial charge in [0.2, 0.25) is 0 Å². The molecule has 1 saturated heterocycles. The molecule has 72 valence electrons. The lowest BCUT2D eigenvalue weighted by Gasteiger charge is -2.33. The molecule has 0 bridgehead atoms. The van der Waals surface area contributed by atoms with E-state index in [1.807, 2.05) is 0 Å². The van der Waals surface area contributed by atoms with E-state index in [9.17, 15) is 5.11 Å². The van der Waals surface area contributed by atoms with Crippen molar-refractivity contribution in [2.24, 2.45) is 0 Å². The van der Waals surface area contributed by atoms with Gasteiger partial charge in [0.1, 0.15) is 6.10 Å². The van der Waals surface area contributed by atoms with Crippen LogP contribution in [0.1, 0.15) is 6.92 Å². The maximum Gasteiger partial charge on any atom is 0.104 e. The minimum atomic E-state index is -0.737. The van der Waals surface area contributed by atoms with Crippen molar-refractivity contribution in [2.75, 3.05) is 32.8 Å². The summed E-state index contributed by atoms with van der Waals surface area (Å²) < 4.78 is 5.31. The zero-order valence-corrected chi connectivity index (χ0v) is 7.44. The highest BCUT2D eigenvalue weighted by Crippen LogP contribution is 2.08. The molecule has 1 rings (SSSR count). The number of aliphatic hydroxyl groups excluding tert-OH is 2. The Balaban J connectivity index is 2.34. The third-order valence-corrected chi connectivity index (χ3v) is 2.24. The van der Waals surface area contributed by atoms with Gasteiger partial charge in [-0.15, -0.1) is 0 Å². The van der Waals surface area contributed by atoms with Crippen molar-refractivity contribution in [3.05, 3.63) is 0 Å². The van der Waals surface area contributed by atoms with E-state index in [0.29, 0.717) is 6.61 Å². The van der Waals surface area contributed by atoms with E-state index < -0.39 is 6.10 Å². The summed E-state index contributed by atoms with van der Waals surface area (Å²) in [5.41, 5.74) is 0. The molecule has 0 unspecified atom stereocenters. The van der Waals surface area contributed by atoms with Crippen LogP contribution in [-0.2, 0) is 4.74 Å². The van der Waals surface area contributed by atoms with Crippen LogP contribution in [-0.4, -0.2) is 60.2 Å². The highest BCUT2D eigenvalue weighted by Gasteiger charge is 2.25. The van der Waals surface area contributed by atoms with Gasteiger partial charge in [-0.1, -0.05) is 6.92 Å². The number of nitrogens with zero attached hydrogens (tertiary/aromatic N) is 1. The predicted molar refractivity (Wildman–Crippen MR) is 44.9 cm³/mol. The van der Waals surface area contributed by atoms with E-state index in [2.05, 4.69) is 11.8 Å². The summed E-state index contributed by atoms with van der Waals surface area (Å²) in [7, 11) is 0. The van der Waals surface area contributed by atoms with E-state index >= 15 is 0 Å². The average Bonchev–Trinajstić information content (AvgIpc) is 2.17. The number of hydrogen-bond donors (Lipinski definition) is 2. The molecule has 1 aliphatic heterocycles. The van der Waals surface area contributed by atoms with Crippen molar-refractivity contribution in [3.8, 4) is 0 Å². The summed E-state index contributed by atoms with van der Waals surface area (Å²) in [5.74, 6) is 0. The van der Waals surface area contributed by atoms with Crippen LogP contribution in [0.3, 0.4) is 0 Å². The fourth-order valence-electron chi connectivity index (χ4n) is 1.37. The van der Waals surface area contributed by atoms with Crippen LogP contribution in [0.5, 0.6) is 0 Å². The molecule has 4 nitrogen and oxygen atoms in total. The maximum atomic E-state index is 9.29. The highest BCUT2D eigenvalue weighted by atomic mass is 16.5. The summed E-state index contributed by atoms with van der Waals surface area (Å²) in [6.07, 6.45) is -0.956. The van der Waals surface area contributed by atoms with Gasteiger partial charge in [0, 0.05) is 13.1 Å². The van der Waals surface area contributed by atoms with Gasteiger partial charge < -0.3 is 14.9 Å². The molecule has 1 fully saturated rings. The zero-order valence-electron chi connectivity index (χ0n) is 7.44. The monoisotopic (exact) mass is 175 g/mol. The van der Waals surface area contributed by atoms with Crippen LogP contribution in [0.25, 0.3) is 0 Å². The van der Waals surface area contributed by atoms with E-state index in [4.69, 9.17) is 9.84 Å². The van der Waals surface area contributed by atoms with E-state index in [0.717, 1.165) is 19.6 Å². The normalized spacial score (nSPS) is 28.8. The van der Waals surface area contributed by atoms with Gasteiger partial charge in [-0.3, -0.25) is 4.90 Å². The molecule has 1 aliphatic rings. The lowest BCUT2D eigenvalue weighted by molar-refractivity contribution is -0.1000. The lowest BCUT2D eigenvalue weighted by atomic mass is 10.2. The van der Waals surface area contributed by atoms with Crippen LogP contribution in [0.2, 0.25) is 0 Å². The lowest BCUT2D eigenvalue weighted by Crippen LogP contribution is -2.48. The van der Waals surface area contributed by atoms with Crippen molar-refractivity contribution in [2.45, 2.75) is 19.1 Å². The van der Waals surface area contributed by atoms with Crippen molar-refractivity contribution in [1.29, 1.82) is 0 Å². The Morgan fingerprint density at radius 2 is 2.42 bits per heavy atom. The summed E-state index contributed by atoms with van der Waals surface area (Å²) in [5, 5.41) is 18.0. The zero-order chi connectivity index (χ0) is 8.97. The molecular weight excluding hydrogens is 158 g/mol. The van der Waals surface area contributed by atoms with E-state index in [1.54, 1.807) is 0 Å². The van der Waals surface area contributed by atoms with Crippen LogP contribution in [0, 0.1) is 0 Å². The van der Waals surface area contributed by atoms with Crippen molar-refractivity contribution < 1.29 is 14.9 Å². The van der Waals surface area contributed by atoms with Crippen molar-refractivity contribution in [3.63, 3.8) is 0 Å². The number of likely N-dealkylation sites (N-methyl/N-ethyl adjacent to an activating group) is 1. The van der Waals surface area contributed by atoms with Crippen molar-refractivity contribution >= 4 is 0 Å². The van der Waals surface area contributed by atoms with Gasteiger partial charge in [-0.2, -0.15) is 0 Å². The topological polar surface area (TPSA) is 52.9 Å². The van der Waals surface area contributed by atoms with Gasteiger partial charge in [0.05, 0.1) is 19.3 Å². The van der Waals surface area contributed by atoms with Crippen LogP contribution in [0.15, 0.2) is 0 Å². The van der Waals surface area contributed by atoms with Crippen LogP contribution in [0.4, 0.5) is 0 Å². The Morgan fingerprint density at radius 1 is 1.67 bits per heavy atom. The largest absolute Gasteiger partial charge is 0.394 e. The molecule has 0 saturated carbocycles. The molecule has 0 amide bonds. The van der Waals surface area contributed by atoms with E-state index in [1.165, 1.54) is 0 Å². The molecule has 0 aromatic heterocycles. The summed E-state index contributed by atoms with van der Waals surface area (Å²) in [4.78, 5) is 2.20. The minimum Gasteiger partial charge on any atom is -0.394 e. The Bertz CT molecular complexity index is 129. The number of ether oxygens (including phenoxy) is 1. The molecule has 0 spiro atoms. The van der Waals surface area contributed by atoms with Crippen LogP contribution < -0.4 is 0 Å². The molecule has 0 radical (unpaired) electrons. The standard InChI is InChI=1S/C8H17NO3/c1-2-9-3-4-12-8(5-9)7(11)6-10/h7-8,10-11H,2-6H2,1H3/t7-,8-/m0/s1. The summed E-state index contributed by atoms with van der Waals surface area (Å²) in [6.45, 7) is 5.12. The summed E-state index contributed by atoms with van der Waals surface area (Å²) in [6, 6.07) is 0. The smallest absolute Gasteiger partial charge is 0.104 e. The first kappa shape index (κ1) is 9.92.